The number of rotatable bonds is 3. The molecule has 124 valence electrons. The van der Waals surface area contributed by atoms with Crippen molar-refractivity contribution in [1.82, 2.24) is 9.29 Å². The zero-order valence-corrected chi connectivity index (χ0v) is 15.1. The van der Waals surface area contributed by atoms with Crippen LogP contribution in [0.3, 0.4) is 0 Å². The Bertz CT molecular complexity index is 950. The average molecular weight is 379 g/mol. The third kappa shape index (κ3) is 2.73. The third-order valence-electron chi connectivity index (χ3n) is 4.22. The molecule has 1 aromatic heterocycles. The van der Waals surface area contributed by atoms with Crippen LogP contribution in [0.4, 0.5) is 0 Å². The second-order valence-corrected chi connectivity index (χ2v) is 9.14. The molecule has 0 bridgehead atoms. The van der Waals surface area contributed by atoms with Gasteiger partial charge >= 0.3 is 0 Å². The van der Waals surface area contributed by atoms with Gasteiger partial charge < -0.3 is 0 Å². The summed E-state index contributed by atoms with van der Waals surface area (Å²) in [5, 5.41) is 1.39. The first-order chi connectivity index (χ1) is 11.6. The van der Waals surface area contributed by atoms with Crippen molar-refractivity contribution in [3.05, 3.63) is 58.6 Å². The van der Waals surface area contributed by atoms with Gasteiger partial charge in [0.05, 0.1) is 21.2 Å². The summed E-state index contributed by atoms with van der Waals surface area (Å²) in [5.74, 6) is 0. The number of thiazole rings is 1. The minimum absolute atomic E-state index is 0.192. The minimum Gasteiger partial charge on any atom is -0.239 e. The Kier molecular flexibility index (Phi) is 4.08. The van der Waals surface area contributed by atoms with Gasteiger partial charge in [0.2, 0.25) is 10.0 Å². The van der Waals surface area contributed by atoms with E-state index >= 15 is 0 Å². The van der Waals surface area contributed by atoms with Gasteiger partial charge in [0.25, 0.3) is 0 Å². The Labute approximate surface area is 149 Å². The third-order valence-corrected chi connectivity index (χ3v) is 7.53. The number of benzene rings is 2. The molecular formula is C17H15ClN2O2S2. The van der Waals surface area contributed by atoms with Crippen LogP contribution in [-0.4, -0.2) is 24.3 Å². The molecule has 4 rings (SSSR count). The Morgan fingerprint density at radius 2 is 1.88 bits per heavy atom. The van der Waals surface area contributed by atoms with Crippen molar-refractivity contribution in [2.24, 2.45) is 0 Å². The van der Waals surface area contributed by atoms with Gasteiger partial charge in [0.1, 0.15) is 5.01 Å². The second-order valence-electron chi connectivity index (χ2n) is 5.75. The molecule has 2 heterocycles. The average Bonchev–Trinajstić information content (AvgIpc) is 3.22. The van der Waals surface area contributed by atoms with Gasteiger partial charge in [-0.2, -0.15) is 4.31 Å². The van der Waals surface area contributed by atoms with Crippen molar-refractivity contribution >= 4 is 43.2 Å². The van der Waals surface area contributed by atoms with E-state index in [1.54, 1.807) is 39.9 Å². The smallest absolute Gasteiger partial charge is 0.239 e. The van der Waals surface area contributed by atoms with Crippen LogP contribution in [0.25, 0.3) is 10.2 Å². The molecule has 0 N–H and O–H groups in total. The van der Waals surface area contributed by atoms with E-state index in [0.717, 1.165) is 28.1 Å². The highest BCUT2D eigenvalue weighted by Crippen LogP contribution is 2.39. The molecule has 0 radical (unpaired) electrons. The zero-order valence-electron chi connectivity index (χ0n) is 12.7. The maximum atomic E-state index is 13.0. The van der Waals surface area contributed by atoms with Crippen LogP contribution in [0, 0.1) is 0 Å². The maximum Gasteiger partial charge on any atom is 0.243 e. The van der Waals surface area contributed by atoms with Crippen LogP contribution in [0.2, 0.25) is 5.02 Å². The number of aromatic nitrogens is 1. The van der Waals surface area contributed by atoms with E-state index in [1.807, 2.05) is 24.3 Å². The first kappa shape index (κ1) is 16.0. The van der Waals surface area contributed by atoms with Crippen LogP contribution in [-0.2, 0) is 10.0 Å². The van der Waals surface area contributed by atoms with Crippen LogP contribution in [0.1, 0.15) is 23.9 Å². The van der Waals surface area contributed by atoms with Crippen LogP contribution < -0.4 is 0 Å². The largest absolute Gasteiger partial charge is 0.243 e. The predicted octanol–water partition coefficient (Wildman–Crippen LogP) is 4.48. The molecule has 0 aliphatic carbocycles. The van der Waals surface area contributed by atoms with Gasteiger partial charge in [-0.25, -0.2) is 13.4 Å². The molecule has 1 aliphatic rings. The van der Waals surface area contributed by atoms with E-state index in [9.17, 15) is 8.42 Å². The summed E-state index contributed by atoms with van der Waals surface area (Å²) in [5.41, 5.74) is 0.924. The number of halogens is 1. The molecule has 0 unspecified atom stereocenters. The molecule has 0 saturated carbocycles. The van der Waals surface area contributed by atoms with E-state index < -0.39 is 10.0 Å². The summed E-state index contributed by atoms with van der Waals surface area (Å²) >= 11 is 7.45. The van der Waals surface area contributed by atoms with E-state index in [1.165, 1.54) is 0 Å². The fraction of sp³-hybridized carbons (Fsp3) is 0.235. The second kappa shape index (κ2) is 6.11. The Hall–Kier alpha value is -1.47. The number of hydrogen-bond acceptors (Lipinski definition) is 4. The Balaban J connectivity index is 1.73. The van der Waals surface area contributed by atoms with Crippen LogP contribution in [0.5, 0.6) is 0 Å². The van der Waals surface area contributed by atoms with Gasteiger partial charge in [-0.1, -0.05) is 23.7 Å². The predicted molar refractivity (Wildman–Crippen MR) is 96.9 cm³/mol. The lowest BCUT2D eigenvalue weighted by molar-refractivity contribution is 0.396. The minimum atomic E-state index is -3.55. The Morgan fingerprint density at radius 3 is 2.62 bits per heavy atom. The van der Waals surface area contributed by atoms with Crippen molar-refractivity contribution in [3.8, 4) is 0 Å². The van der Waals surface area contributed by atoms with Gasteiger partial charge in [0, 0.05) is 11.6 Å². The molecule has 1 atom stereocenters. The lowest BCUT2D eigenvalue weighted by Crippen LogP contribution is -2.30. The van der Waals surface area contributed by atoms with Gasteiger partial charge in [-0.3, -0.25) is 0 Å². The van der Waals surface area contributed by atoms with Gasteiger partial charge in [0.15, 0.2) is 0 Å². The fourth-order valence-electron chi connectivity index (χ4n) is 3.05. The van der Waals surface area contributed by atoms with E-state index in [2.05, 4.69) is 4.98 Å². The van der Waals surface area contributed by atoms with Crippen LogP contribution >= 0.6 is 22.9 Å². The molecular weight excluding hydrogens is 364 g/mol. The number of sulfonamides is 1. The van der Waals surface area contributed by atoms with Gasteiger partial charge in [-0.15, -0.1) is 11.3 Å². The molecule has 2 aromatic carbocycles. The highest BCUT2D eigenvalue weighted by Gasteiger charge is 2.37. The molecule has 1 saturated heterocycles. The van der Waals surface area contributed by atoms with Crippen molar-refractivity contribution in [2.45, 2.75) is 23.8 Å². The number of hydrogen-bond donors (Lipinski definition) is 0. The summed E-state index contributed by atoms with van der Waals surface area (Å²) in [4.78, 5) is 4.94. The lowest BCUT2D eigenvalue weighted by atomic mass is 10.2. The van der Waals surface area contributed by atoms with Crippen molar-refractivity contribution in [1.29, 1.82) is 0 Å². The lowest BCUT2D eigenvalue weighted by Gasteiger charge is -2.22. The van der Waals surface area contributed by atoms with Gasteiger partial charge in [-0.05, 0) is 49.2 Å². The molecule has 3 aromatic rings. The van der Waals surface area contributed by atoms with Crippen molar-refractivity contribution in [2.75, 3.05) is 6.54 Å². The quantitative estimate of drug-likeness (QED) is 0.675. The molecule has 4 nitrogen and oxygen atoms in total. The molecule has 24 heavy (non-hydrogen) atoms. The summed E-state index contributed by atoms with van der Waals surface area (Å²) in [7, 11) is -3.55. The maximum absolute atomic E-state index is 13.0. The molecule has 7 heteroatoms. The summed E-state index contributed by atoms with van der Waals surface area (Å²) in [6.45, 7) is 0.519. The molecule has 0 spiro atoms. The topological polar surface area (TPSA) is 50.3 Å². The van der Waals surface area contributed by atoms with E-state index in [-0.39, 0.29) is 10.9 Å². The van der Waals surface area contributed by atoms with Crippen molar-refractivity contribution in [3.63, 3.8) is 0 Å². The highest BCUT2D eigenvalue weighted by atomic mass is 35.5. The summed E-state index contributed by atoms with van der Waals surface area (Å²) < 4.78 is 28.7. The standard InChI is InChI=1S/C17H15ClN2O2S2/c18-12-7-9-13(10-8-12)24(21,22)20-11-3-5-15(20)17-19-14-4-1-2-6-16(14)23-17/h1-2,4,6-10,15H,3,5,11H2/t15-/m0/s1. The summed E-state index contributed by atoms with van der Waals surface area (Å²) in [6, 6.07) is 14.0. The monoisotopic (exact) mass is 378 g/mol. The SMILES string of the molecule is O=S(=O)(c1ccc(Cl)cc1)N1CCC[C@H]1c1nc2ccccc2s1. The molecule has 1 aliphatic heterocycles. The highest BCUT2D eigenvalue weighted by molar-refractivity contribution is 7.89. The fourth-order valence-corrected chi connectivity index (χ4v) is 6.02. The zero-order chi connectivity index (χ0) is 16.7. The number of fused-ring (bicyclic) bond motifs is 1. The van der Waals surface area contributed by atoms with Crippen molar-refractivity contribution < 1.29 is 8.42 Å². The van der Waals surface area contributed by atoms with E-state index in [4.69, 9.17) is 11.6 Å². The normalized spacial score (nSPS) is 19.1. The Morgan fingerprint density at radius 1 is 1.12 bits per heavy atom. The van der Waals surface area contributed by atoms with Crippen LogP contribution in [0.15, 0.2) is 53.4 Å². The first-order valence-electron chi connectivity index (χ1n) is 7.68. The van der Waals surface area contributed by atoms with E-state index in [0.29, 0.717) is 11.6 Å². The summed E-state index contributed by atoms with van der Waals surface area (Å²) in [6.07, 6.45) is 1.64. The molecule has 1 fully saturated rings. The first-order valence-corrected chi connectivity index (χ1v) is 10.3. The number of nitrogens with zero attached hydrogens (tertiary/aromatic N) is 2. The molecule has 0 amide bonds. The number of para-hydroxylation sites is 1.